The number of unbranched alkanes of at least 4 members (excludes halogenated alkanes) is 3. The van der Waals surface area contributed by atoms with Crippen LogP contribution in [0.4, 0.5) is 0 Å². The van der Waals surface area contributed by atoms with Gasteiger partial charge in [-0.2, -0.15) is 10.2 Å². The van der Waals surface area contributed by atoms with Crippen LogP contribution in [0.5, 0.6) is 5.75 Å². The average molecular weight is 447 g/mol. The largest absolute Gasteiger partial charge is 0.494 e. The molecule has 0 bridgehead atoms. The summed E-state index contributed by atoms with van der Waals surface area (Å²) in [5, 5.41) is 12.6. The number of azo groups is 1. The zero-order valence-corrected chi connectivity index (χ0v) is 19.4. The third-order valence-corrected chi connectivity index (χ3v) is 5.55. The van der Waals surface area contributed by atoms with E-state index in [4.69, 9.17) is 4.74 Å². The molecule has 0 amide bonds. The van der Waals surface area contributed by atoms with Crippen molar-refractivity contribution in [3.8, 4) is 28.3 Å². The van der Waals surface area contributed by atoms with Crippen molar-refractivity contribution in [3.63, 3.8) is 0 Å². The number of nitrogens with zero attached hydrogens (tertiary/aromatic N) is 5. The molecule has 8 heteroatoms. The Labute approximate surface area is 193 Å². The molecule has 8 nitrogen and oxygen atoms in total. The lowest BCUT2D eigenvalue weighted by molar-refractivity contribution is 0.305. The van der Waals surface area contributed by atoms with Crippen LogP contribution in [-0.4, -0.2) is 33.9 Å². The summed E-state index contributed by atoms with van der Waals surface area (Å²) >= 11 is 0. The highest BCUT2D eigenvalue weighted by Gasteiger charge is 2.21. The number of pyridine rings is 1. The van der Waals surface area contributed by atoms with Gasteiger partial charge in [-0.1, -0.05) is 26.2 Å². The summed E-state index contributed by atoms with van der Waals surface area (Å²) in [4.78, 5) is 20.4. The van der Waals surface area contributed by atoms with Gasteiger partial charge in [-0.3, -0.25) is 9.48 Å². The predicted octanol–water partition coefficient (Wildman–Crippen LogP) is 5.62. The Morgan fingerprint density at radius 3 is 2.61 bits per heavy atom. The number of benzene rings is 1. The van der Waals surface area contributed by atoms with Crippen molar-refractivity contribution in [1.29, 1.82) is 0 Å². The Balaban J connectivity index is 1.65. The lowest BCUT2D eigenvalue weighted by Gasteiger charge is -2.10. The zero-order chi connectivity index (χ0) is 23.2. The van der Waals surface area contributed by atoms with Crippen molar-refractivity contribution in [1.82, 2.24) is 14.8 Å². The summed E-state index contributed by atoms with van der Waals surface area (Å²) in [6.07, 6.45) is 6.59. The summed E-state index contributed by atoms with van der Waals surface area (Å²) in [6, 6.07) is 11.8. The smallest absolute Gasteiger partial charge is 0.260 e. The van der Waals surface area contributed by atoms with E-state index in [2.05, 4.69) is 46.1 Å². The molecule has 0 unspecified atom stereocenters. The lowest BCUT2D eigenvalue weighted by Crippen LogP contribution is -2.19. The van der Waals surface area contributed by atoms with Gasteiger partial charge in [0, 0.05) is 23.5 Å². The van der Waals surface area contributed by atoms with Crippen LogP contribution in [0, 0.1) is 0 Å². The fourth-order valence-corrected chi connectivity index (χ4v) is 3.72. The first-order valence-electron chi connectivity index (χ1n) is 11.5. The Kier molecular flexibility index (Phi) is 7.12. The second-order valence-electron chi connectivity index (χ2n) is 8.37. The molecule has 3 heterocycles. The summed E-state index contributed by atoms with van der Waals surface area (Å²) < 4.78 is 7.71. The second-order valence-corrected chi connectivity index (χ2v) is 8.37. The summed E-state index contributed by atoms with van der Waals surface area (Å²) in [7, 11) is 0. The van der Waals surface area contributed by atoms with E-state index in [1.165, 1.54) is 19.3 Å². The van der Waals surface area contributed by atoms with E-state index >= 15 is 0 Å². The Morgan fingerprint density at radius 1 is 1.12 bits per heavy atom. The molecular weight excluding hydrogens is 416 g/mol. The van der Waals surface area contributed by atoms with Crippen molar-refractivity contribution < 1.29 is 4.74 Å². The quantitative estimate of drug-likeness (QED) is 0.410. The van der Waals surface area contributed by atoms with Crippen LogP contribution in [0.15, 0.2) is 62.6 Å². The number of nitrogens with one attached hydrogen (secondary N) is 1. The topological polar surface area (TPSA) is 97.0 Å². The molecule has 0 saturated heterocycles. The maximum atomic E-state index is 13.1. The van der Waals surface area contributed by atoms with E-state index in [0.29, 0.717) is 35.0 Å². The predicted molar refractivity (Wildman–Crippen MR) is 130 cm³/mol. The fraction of sp³-hybridized carbons (Fsp3) is 0.400. The van der Waals surface area contributed by atoms with E-state index in [0.717, 1.165) is 17.7 Å². The Morgan fingerprint density at radius 2 is 1.94 bits per heavy atom. The third-order valence-electron chi connectivity index (χ3n) is 5.55. The Bertz CT molecular complexity index is 1200. The van der Waals surface area contributed by atoms with E-state index in [-0.39, 0.29) is 18.3 Å². The number of aromatic nitrogens is 3. The first kappa shape index (κ1) is 22.6. The molecule has 0 spiro atoms. The fourth-order valence-electron chi connectivity index (χ4n) is 3.72. The van der Waals surface area contributed by atoms with Crippen molar-refractivity contribution in [2.24, 2.45) is 15.2 Å². The van der Waals surface area contributed by atoms with Gasteiger partial charge in [0.05, 0.1) is 17.9 Å². The van der Waals surface area contributed by atoms with Crippen LogP contribution in [0.25, 0.3) is 22.5 Å². The minimum absolute atomic E-state index is 0.210. The molecule has 0 saturated carbocycles. The minimum Gasteiger partial charge on any atom is -0.494 e. The molecule has 1 aromatic carbocycles. The standard InChI is InChI=1S/C25H30N6O2/c1-4-5-6-7-14-33-19-10-8-18(9-11-19)22-15-20(21-12-13-31(30-21)17(2)3)23(25(32)28-22)24-26-16-27-29-24/h8-13,15,17H,4-7,14,16H2,1-3H3,(H,28,32). The number of hydrogen-bond acceptors (Lipinski definition) is 6. The molecule has 0 atom stereocenters. The monoisotopic (exact) mass is 446 g/mol. The van der Waals surface area contributed by atoms with Crippen LogP contribution < -0.4 is 10.3 Å². The zero-order valence-electron chi connectivity index (χ0n) is 19.4. The highest BCUT2D eigenvalue weighted by Crippen LogP contribution is 2.28. The number of aromatic amines is 1. The van der Waals surface area contributed by atoms with Crippen molar-refractivity contribution >= 4 is 5.84 Å². The van der Waals surface area contributed by atoms with Gasteiger partial charge in [-0.15, -0.1) is 5.11 Å². The first-order valence-corrected chi connectivity index (χ1v) is 11.5. The number of aliphatic imine (C=N–C) groups is 1. The summed E-state index contributed by atoms with van der Waals surface area (Å²) in [5.41, 5.74) is 3.09. The maximum Gasteiger partial charge on any atom is 0.260 e. The molecule has 0 radical (unpaired) electrons. The van der Waals surface area contributed by atoms with Crippen molar-refractivity contribution in [3.05, 3.63) is 58.5 Å². The van der Waals surface area contributed by atoms with Gasteiger partial charge in [0.15, 0.2) is 12.5 Å². The molecule has 2 aromatic heterocycles. The maximum absolute atomic E-state index is 13.1. The number of hydrogen-bond donors (Lipinski definition) is 1. The third kappa shape index (κ3) is 5.27. The van der Waals surface area contributed by atoms with Crippen LogP contribution >= 0.6 is 0 Å². The van der Waals surface area contributed by atoms with E-state index in [9.17, 15) is 4.79 Å². The van der Waals surface area contributed by atoms with Gasteiger partial charge in [0.25, 0.3) is 5.56 Å². The Hall–Kier alpha value is -3.55. The van der Waals surface area contributed by atoms with Gasteiger partial charge in [0.2, 0.25) is 0 Å². The molecule has 0 fully saturated rings. The van der Waals surface area contributed by atoms with Gasteiger partial charge in [-0.05, 0) is 62.2 Å². The number of amidine groups is 1. The molecule has 1 N–H and O–H groups in total. The molecule has 4 rings (SSSR count). The molecule has 172 valence electrons. The second kappa shape index (κ2) is 10.4. The summed E-state index contributed by atoms with van der Waals surface area (Å²) in [6.45, 7) is 7.26. The number of rotatable bonds is 10. The lowest BCUT2D eigenvalue weighted by atomic mass is 10.0. The number of H-pyrrole nitrogens is 1. The first-order chi connectivity index (χ1) is 16.1. The highest BCUT2D eigenvalue weighted by molar-refractivity contribution is 6.05. The average Bonchev–Trinajstić information content (AvgIpc) is 3.51. The molecular formula is C25H30N6O2. The van der Waals surface area contributed by atoms with Gasteiger partial charge in [0.1, 0.15) is 5.75 Å². The van der Waals surface area contributed by atoms with Crippen LogP contribution in [0.1, 0.15) is 58.1 Å². The van der Waals surface area contributed by atoms with Crippen LogP contribution in [0.3, 0.4) is 0 Å². The van der Waals surface area contributed by atoms with Gasteiger partial charge >= 0.3 is 0 Å². The minimum atomic E-state index is -0.266. The molecule has 1 aliphatic rings. The van der Waals surface area contributed by atoms with Gasteiger partial charge in [-0.25, -0.2) is 4.99 Å². The van der Waals surface area contributed by atoms with Crippen molar-refractivity contribution in [2.75, 3.05) is 13.3 Å². The van der Waals surface area contributed by atoms with E-state index < -0.39 is 0 Å². The summed E-state index contributed by atoms with van der Waals surface area (Å²) in [5.74, 6) is 1.16. The van der Waals surface area contributed by atoms with Crippen molar-refractivity contribution in [2.45, 2.75) is 52.5 Å². The molecule has 33 heavy (non-hydrogen) atoms. The molecule has 1 aliphatic heterocycles. The van der Waals surface area contributed by atoms with E-state index in [1.54, 1.807) is 0 Å². The van der Waals surface area contributed by atoms with Crippen LogP contribution in [0.2, 0.25) is 0 Å². The van der Waals surface area contributed by atoms with E-state index in [1.807, 2.05) is 47.3 Å². The molecule has 0 aliphatic carbocycles. The van der Waals surface area contributed by atoms with Crippen LogP contribution in [-0.2, 0) is 0 Å². The SMILES string of the molecule is CCCCCCOc1ccc(-c2cc(-c3ccn(C(C)C)n3)c(C3=NCN=N3)c(=O)[nH]2)cc1. The number of ether oxygens (including phenoxy) is 1. The normalized spacial score (nSPS) is 13.0. The van der Waals surface area contributed by atoms with Gasteiger partial charge < -0.3 is 9.72 Å². The molecule has 3 aromatic rings. The highest BCUT2D eigenvalue weighted by atomic mass is 16.5.